The fourth-order valence-electron chi connectivity index (χ4n) is 4.11. The van der Waals surface area contributed by atoms with Crippen LogP contribution in [0.1, 0.15) is 80.6 Å². The number of rotatable bonds is 2. The summed E-state index contributed by atoms with van der Waals surface area (Å²) in [7, 11) is 0. The lowest BCUT2D eigenvalue weighted by Crippen LogP contribution is -2.56. The minimum absolute atomic E-state index is 0.518. The van der Waals surface area contributed by atoms with Crippen LogP contribution in [0.2, 0.25) is 0 Å². The Morgan fingerprint density at radius 1 is 0.947 bits per heavy atom. The van der Waals surface area contributed by atoms with Gasteiger partial charge in [0.1, 0.15) is 0 Å². The first-order chi connectivity index (χ1) is 8.56. The zero-order valence-electron chi connectivity index (χ0n) is 14.2. The smallest absolute Gasteiger partial charge is 0.0190 e. The van der Waals surface area contributed by atoms with Crippen molar-refractivity contribution in [3.63, 3.8) is 0 Å². The van der Waals surface area contributed by atoms with Crippen LogP contribution >= 0.6 is 11.8 Å². The van der Waals surface area contributed by atoms with E-state index < -0.39 is 0 Å². The van der Waals surface area contributed by atoms with Crippen molar-refractivity contribution in [2.45, 2.75) is 90.6 Å². The SMILES string of the molecule is CC1CC(C)(SC2CCC(C(C)(C)C)CC2)C1(C)C. The summed E-state index contributed by atoms with van der Waals surface area (Å²) in [4.78, 5) is 0. The van der Waals surface area contributed by atoms with Gasteiger partial charge in [-0.1, -0.05) is 41.5 Å². The fourth-order valence-corrected chi connectivity index (χ4v) is 6.20. The van der Waals surface area contributed by atoms with E-state index in [1.807, 2.05) is 0 Å². The lowest BCUT2D eigenvalue weighted by Gasteiger charge is -2.60. The van der Waals surface area contributed by atoms with E-state index in [2.05, 4.69) is 60.2 Å². The number of hydrogen-bond donors (Lipinski definition) is 0. The summed E-state index contributed by atoms with van der Waals surface area (Å²) in [6, 6.07) is 0. The highest BCUT2D eigenvalue weighted by molar-refractivity contribution is 8.01. The van der Waals surface area contributed by atoms with Gasteiger partial charge in [0.05, 0.1) is 0 Å². The van der Waals surface area contributed by atoms with Crippen LogP contribution in [-0.4, -0.2) is 10.00 Å². The molecule has 0 nitrogen and oxygen atoms in total. The largest absolute Gasteiger partial charge is 0.151 e. The average Bonchev–Trinajstić information content (AvgIpc) is 2.28. The summed E-state index contributed by atoms with van der Waals surface area (Å²) in [5, 5.41) is 0.926. The molecule has 2 fully saturated rings. The van der Waals surface area contributed by atoms with Gasteiger partial charge in [-0.3, -0.25) is 0 Å². The molecule has 2 rings (SSSR count). The van der Waals surface area contributed by atoms with E-state index in [9.17, 15) is 0 Å². The molecule has 2 saturated carbocycles. The summed E-state index contributed by atoms with van der Waals surface area (Å²) in [6.07, 6.45) is 7.23. The van der Waals surface area contributed by atoms with Crippen LogP contribution in [0.5, 0.6) is 0 Å². The quantitative estimate of drug-likeness (QED) is 0.585. The van der Waals surface area contributed by atoms with E-state index in [4.69, 9.17) is 0 Å². The zero-order valence-corrected chi connectivity index (χ0v) is 15.0. The molecule has 0 radical (unpaired) electrons. The molecule has 0 bridgehead atoms. The molecular weight excluding hydrogens is 248 g/mol. The van der Waals surface area contributed by atoms with Gasteiger partial charge in [-0.05, 0) is 61.7 Å². The van der Waals surface area contributed by atoms with Gasteiger partial charge in [0.2, 0.25) is 0 Å². The predicted octanol–water partition coefficient (Wildman–Crippen LogP) is 6.15. The molecule has 0 N–H and O–H groups in total. The molecule has 1 heteroatoms. The van der Waals surface area contributed by atoms with Gasteiger partial charge in [-0.25, -0.2) is 0 Å². The minimum atomic E-state index is 0.518. The molecule has 0 aromatic rings. The van der Waals surface area contributed by atoms with Gasteiger partial charge >= 0.3 is 0 Å². The molecule has 2 unspecified atom stereocenters. The van der Waals surface area contributed by atoms with Crippen molar-refractivity contribution >= 4 is 11.8 Å². The molecule has 2 atom stereocenters. The lowest BCUT2D eigenvalue weighted by molar-refractivity contribution is 0.0350. The standard InChI is InChI=1S/C18H34S/c1-13-12-18(7,17(13,5)6)19-15-10-8-14(9-11-15)16(2,3)4/h13-15H,8-12H2,1-7H3. The first-order valence-electron chi connectivity index (χ1n) is 8.24. The van der Waals surface area contributed by atoms with Crippen LogP contribution in [0, 0.1) is 22.7 Å². The van der Waals surface area contributed by atoms with Crippen LogP contribution in [0.3, 0.4) is 0 Å². The predicted molar refractivity (Wildman–Crippen MR) is 88.8 cm³/mol. The van der Waals surface area contributed by atoms with Crippen molar-refractivity contribution in [3.05, 3.63) is 0 Å². The zero-order chi connectivity index (χ0) is 14.5. The van der Waals surface area contributed by atoms with Gasteiger partial charge in [0.15, 0.2) is 0 Å². The van der Waals surface area contributed by atoms with Crippen molar-refractivity contribution in [2.24, 2.45) is 22.7 Å². The minimum Gasteiger partial charge on any atom is -0.151 e. The topological polar surface area (TPSA) is 0 Å². The fraction of sp³-hybridized carbons (Fsp3) is 1.00. The Kier molecular flexibility index (Phi) is 4.11. The van der Waals surface area contributed by atoms with Gasteiger partial charge in [0, 0.05) is 10.00 Å². The van der Waals surface area contributed by atoms with Gasteiger partial charge in [-0.15, -0.1) is 0 Å². The first kappa shape index (κ1) is 15.7. The van der Waals surface area contributed by atoms with Gasteiger partial charge in [0.25, 0.3) is 0 Å². The van der Waals surface area contributed by atoms with E-state index in [1.165, 1.54) is 32.1 Å². The second kappa shape index (κ2) is 4.97. The number of hydrogen-bond acceptors (Lipinski definition) is 1. The van der Waals surface area contributed by atoms with E-state index in [0.717, 1.165) is 17.1 Å². The Bertz CT molecular complexity index is 317. The highest BCUT2D eigenvalue weighted by atomic mass is 32.2. The molecule has 0 amide bonds. The molecule has 0 aromatic heterocycles. The molecule has 19 heavy (non-hydrogen) atoms. The molecule has 0 heterocycles. The first-order valence-corrected chi connectivity index (χ1v) is 9.12. The maximum atomic E-state index is 2.52. The van der Waals surface area contributed by atoms with E-state index in [0.29, 0.717) is 15.6 Å². The van der Waals surface area contributed by atoms with Crippen molar-refractivity contribution in [3.8, 4) is 0 Å². The van der Waals surface area contributed by atoms with Crippen molar-refractivity contribution in [2.75, 3.05) is 0 Å². The molecule has 0 saturated heterocycles. The molecule has 2 aliphatic carbocycles. The van der Waals surface area contributed by atoms with Crippen LogP contribution in [-0.2, 0) is 0 Å². The maximum Gasteiger partial charge on any atom is 0.0190 e. The highest BCUT2D eigenvalue weighted by Crippen LogP contribution is 2.62. The summed E-state index contributed by atoms with van der Waals surface area (Å²) in [5.74, 6) is 1.85. The van der Waals surface area contributed by atoms with E-state index >= 15 is 0 Å². The van der Waals surface area contributed by atoms with Crippen LogP contribution in [0.15, 0.2) is 0 Å². The molecule has 2 aliphatic rings. The normalized spacial score (nSPS) is 42.8. The molecule has 0 spiro atoms. The third-order valence-corrected chi connectivity index (χ3v) is 8.63. The third kappa shape index (κ3) is 2.87. The van der Waals surface area contributed by atoms with Crippen LogP contribution < -0.4 is 0 Å². The summed E-state index contributed by atoms with van der Waals surface area (Å²) >= 11 is 2.33. The summed E-state index contributed by atoms with van der Waals surface area (Å²) in [6.45, 7) is 17.2. The molecule has 112 valence electrons. The lowest BCUT2D eigenvalue weighted by atomic mass is 9.55. The van der Waals surface area contributed by atoms with Crippen LogP contribution in [0.4, 0.5) is 0 Å². The van der Waals surface area contributed by atoms with Crippen molar-refractivity contribution < 1.29 is 0 Å². The average molecular weight is 283 g/mol. The molecule has 0 aromatic carbocycles. The van der Waals surface area contributed by atoms with Crippen LogP contribution in [0.25, 0.3) is 0 Å². The van der Waals surface area contributed by atoms with E-state index in [-0.39, 0.29) is 0 Å². The Labute approximate surface area is 125 Å². The summed E-state index contributed by atoms with van der Waals surface area (Å²) < 4.78 is 0.533. The Hall–Kier alpha value is 0.350. The second-order valence-electron chi connectivity index (χ2n) is 9.02. The third-order valence-electron chi connectivity index (χ3n) is 6.62. The maximum absolute atomic E-state index is 2.52. The van der Waals surface area contributed by atoms with Crippen molar-refractivity contribution in [1.82, 2.24) is 0 Å². The van der Waals surface area contributed by atoms with Gasteiger partial charge < -0.3 is 0 Å². The highest BCUT2D eigenvalue weighted by Gasteiger charge is 2.55. The van der Waals surface area contributed by atoms with Crippen molar-refractivity contribution in [1.29, 1.82) is 0 Å². The monoisotopic (exact) mass is 282 g/mol. The molecular formula is C18H34S. The van der Waals surface area contributed by atoms with E-state index in [1.54, 1.807) is 0 Å². The molecule has 0 aliphatic heterocycles. The second-order valence-corrected chi connectivity index (χ2v) is 10.8. The van der Waals surface area contributed by atoms with Gasteiger partial charge in [-0.2, -0.15) is 11.8 Å². The Balaban J connectivity index is 1.87. The summed E-state index contributed by atoms with van der Waals surface area (Å²) in [5.41, 5.74) is 1.04. The number of thioether (sulfide) groups is 1. The Morgan fingerprint density at radius 3 is 1.84 bits per heavy atom. The Morgan fingerprint density at radius 2 is 1.47 bits per heavy atom.